The average Bonchev–Trinajstić information content (AvgIpc) is 2.80. The first-order valence-electron chi connectivity index (χ1n) is 7.05. The van der Waals surface area contributed by atoms with Crippen molar-refractivity contribution >= 4 is 33.6 Å². The van der Waals surface area contributed by atoms with Gasteiger partial charge in [-0.3, -0.25) is 9.59 Å². The zero-order valence-corrected chi connectivity index (χ0v) is 13.8. The topological polar surface area (TPSA) is 43.4 Å². The van der Waals surface area contributed by atoms with Crippen molar-refractivity contribution in [3.05, 3.63) is 81.9 Å². The van der Waals surface area contributed by atoms with Crippen molar-refractivity contribution in [2.24, 2.45) is 0 Å². The van der Waals surface area contributed by atoms with E-state index >= 15 is 0 Å². The van der Waals surface area contributed by atoms with E-state index in [1.165, 1.54) is 0 Å². The van der Waals surface area contributed by atoms with Gasteiger partial charge in [0.1, 0.15) is 12.4 Å². The lowest BCUT2D eigenvalue weighted by atomic mass is 10.1. The Morgan fingerprint density at radius 3 is 2.30 bits per heavy atom. The minimum absolute atomic E-state index is 0.160. The zero-order valence-electron chi connectivity index (χ0n) is 12.2. The van der Waals surface area contributed by atoms with Crippen LogP contribution in [-0.4, -0.2) is 18.2 Å². The van der Waals surface area contributed by atoms with E-state index in [0.717, 1.165) is 4.47 Å². The van der Waals surface area contributed by atoms with Gasteiger partial charge in [-0.05, 0) is 24.3 Å². The number of benzene rings is 2. The first-order valence-corrected chi connectivity index (χ1v) is 7.84. The predicted molar refractivity (Wildman–Crippen MR) is 92.9 cm³/mol. The molecule has 0 heterocycles. The Balaban J connectivity index is 2.06. The smallest absolute Gasteiger partial charge is 0.197 e. The monoisotopic (exact) mass is 368 g/mol. The van der Waals surface area contributed by atoms with Crippen molar-refractivity contribution in [2.45, 2.75) is 0 Å². The Bertz CT molecular complexity index is 812. The number of hydrogen-bond donors (Lipinski definition) is 0. The van der Waals surface area contributed by atoms with Crippen LogP contribution < -0.4 is 4.74 Å². The van der Waals surface area contributed by atoms with Crippen molar-refractivity contribution in [2.75, 3.05) is 6.61 Å². The maximum absolute atomic E-state index is 12.5. The summed E-state index contributed by atoms with van der Waals surface area (Å²) in [6, 6.07) is 12.3. The van der Waals surface area contributed by atoms with Crippen LogP contribution >= 0.6 is 15.9 Å². The second-order valence-electron chi connectivity index (χ2n) is 5.04. The molecular weight excluding hydrogens is 356 g/mol. The third-order valence-electron chi connectivity index (χ3n) is 3.53. The predicted octanol–water partition coefficient (Wildman–Crippen LogP) is 4.48. The highest BCUT2D eigenvalue weighted by molar-refractivity contribution is 9.10. The van der Waals surface area contributed by atoms with E-state index in [1.54, 1.807) is 42.5 Å². The molecule has 0 fully saturated rings. The van der Waals surface area contributed by atoms with E-state index < -0.39 is 0 Å². The van der Waals surface area contributed by atoms with E-state index in [1.807, 2.05) is 12.1 Å². The Morgan fingerprint density at radius 1 is 1.04 bits per heavy atom. The number of ketones is 2. The lowest BCUT2D eigenvalue weighted by Gasteiger charge is -2.08. The van der Waals surface area contributed by atoms with Gasteiger partial charge in [-0.2, -0.15) is 0 Å². The van der Waals surface area contributed by atoms with Crippen LogP contribution in [0.2, 0.25) is 0 Å². The van der Waals surface area contributed by atoms with E-state index in [4.69, 9.17) is 4.74 Å². The lowest BCUT2D eigenvalue weighted by Crippen LogP contribution is -2.01. The molecule has 0 aromatic heterocycles. The van der Waals surface area contributed by atoms with Crippen molar-refractivity contribution in [3.63, 3.8) is 0 Å². The summed E-state index contributed by atoms with van der Waals surface area (Å²) >= 11 is 3.40. The van der Waals surface area contributed by atoms with Gasteiger partial charge in [-0.15, -0.1) is 0 Å². The molecule has 114 valence electrons. The third-order valence-corrected chi connectivity index (χ3v) is 4.03. The molecule has 1 aliphatic rings. The molecule has 0 saturated carbocycles. The molecule has 3 rings (SSSR count). The van der Waals surface area contributed by atoms with Gasteiger partial charge >= 0.3 is 0 Å². The molecule has 4 heteroatoms. The van der Waals surface area contributed by atoms with Crippen LogP contribution in [0.5, 0.6) is 5.75 Å². The van der Waals surface area contributed by atoms with E-state index in [2.05, 4.69) is 22.5 Å². The average molecular weight is 369 g/mol. The fourth-order valence-corrected chi connectivity index (χ4v) is 2.85. The highest BCUT2D eigenvalue weighted by Crippen LogP contribution is 2.31. The highest BCUT2D eigenvalue weighted by atomic mass is 79.9. The minimum atomic E-state index is -0.250. The molecule has 0 atom stereocenters. The number of carbonyl (C=O) groups excluding carboxylic acids is 2. The first kappa shape index (κ1) is 15.4. The lowest BCUT2D eigenvalue weighted by molar-refractivity contribution is 0.0990. The SMILES string of the molecule is C=CCOc1ccc(Br)cc1C=C1C(=O)c2ccccc2C1=O. The van der Waals surface area contributed by atoms with Crippen LogP contribution in [0.15, 0.2) is 65.2 Å². The molecule has 2 aromatic carbocycles. The molecule has 2 aromatic rings. The van der Waals surface area contributed by atoms with Crippen molar-refractivity contribution in [1.82, 2.24) is 0 Å². The number of fused-ring (bicyclic) bond motifs is 1. The molecule has 0 unspecified atom stereocenters. The standard InChI is InChI=1S/C19H13BrO3/c1-2-9-23-17-8-7-13(20)10-12(17)11-16-18(21)14-5-3-4-6-15(14)19(16)22/h2-8,10-11H,1,9H2. The second-order valence-corrected chi connectivity index (χ2v) is 5.96. The van der Waals surface area contributed by atoms with Crippen LogP contribution in [0, 0.1) is 0 Å². The third kappa shape index (κ3) is 2.90. The molecule has 3 nitrogen and oxygen atoms in total. The quantitative estimate of drug-likeness (QED) is 0.454. The van der Waals surface area contributed by atoms with Crippen molar-refractivity contribution < 1.29 is 14.3 Å². The van der Waals surface area contributed by atoms with E-state index in [-0.39, 0.29) is 17.1 Å². The molecule has 0 amide bonds. The summed E-state index contributed by atoms with van der Waals surface area (Å²) in [5, 5.41) is 0. The van der Waals surface area contributed by atoms with Crippen molar-refractivity contribution in [3.8, 4) is 5.75 Å². The van der Waals surface area contributed by atoms with Gasteiger partial charge in [0.25, 0.3) is 0 Å². The molecule has 0 N–H and O–H groups in total. The number of rotatable bonds is 4. The van der Waals surface area contributed by atoms with Crippen LogP contribution in [0.1, 0.15) is 26.3 Å². The summed E-state index contributed by atoms with van der Waals surface area (Å²) in [6.45, 7) is 3.97. The second kappa shape index (κ2) is 6.34. The molecular formula is C19H13BrO3. The van der Waals surface area contributed by atoms with E-state index in [9.17, 15) is 9.59 Å². The summed E-state index contributed by atoms with van der Waals surface area (Å²) in [4.78, 5) is 24.9. The van der Waals surface area contributed by atoms with Crippen LogP contribution in [-0.2, 0) is 0 Å². The van der Waals surface area contributed by atoms with E-state index in [0.29, 0.717) is 29.0 Å². The van der Waals surface area contributed by atoms with Crippen molar-refractivity contribution in [1.29, 1.82) is 0 Å². The first-order chi connectivity index (χ1) is 11.1. The molecule has 0 saturated heterocycles. The summed E-state index contributed by atoms with van der Waals surface area (Å²) < 4.78 is 6.43. The van der Waals surface area contributed by atoms with Crippen LogP contribution in [0.4, 0.5) is 0 Å². The minimum Gasteiger partial charge on any atom is -0.489 e. The molecule has 0 radical (unpaired) electrons. The number of halogens is 1. The maximum atomic E-state index is 12.5. The molecule has 1 aliphatic carbocycles. The van der Waals surface area contributed by atoms with Gasteiger partial charge in [0.05, 0.1) is 5.57 Å². The number of hydrogen-bond acceptors (Lipinski definition) is 3. The normalized spacial score (nSPS) is 13.0. The van der Waals surface area contributed by atoms with Gasteiger partial charge in [-0.25, -0.2) is 0 Å². The molecule has 0 bridgehead atoms. The Kier molecular flexibility index (Phi) is 4.26. The summed E-state index contributed by atoms with van der Waals surface area (Å²) in [5.74, 6) is 0.0950. The Morgan fingerprint density at radius 2 is 1.70 bits per heavy atom. The van der Waals surface area contributed by atoms with Gasteiger partial charge in [-0.1, -0.05) is 52.9 Å². The fraction of sp³-hybridized carbons (Fsp3) is 0.0526. The number of Topliss-reactive ketones (excluding diaryl/α,β-unsaturated/α-hetero) is 2. The highest BCUT2D eigenvalue weighted by Gasteiger charge is 2.32. The fourth-order valence-electron chi connectivity index (χ4n) is 2.47. The van der Waals surface area contributed by atoms with Crippen LogP contribution in [0.3, 0.4) is 0 Å². The molecule has 23 heavy (non-hydrogen) atoms. The van der Waals surface area contributed by atoms with Crippen LogP contribution in [0.25, 0.3) is 6.08 Å². The number of carbonyl (C=O) groups is 2. The Hall–Kier alpha value is -2.46. The maximum Gasteiger partial charge on any atom is 0.197 e. The van der Waals surface area contributed by atoms with Gasteiger partial charge in [0, 0.05) is 21.2 Å². The molecule has 0 spiro atoms. The zero-order chi connectivity index (χ0) is 16.4. The number of ether oxygens (including phenoxy) is 1. The van der Waals surface area contributed by atoms with Gasteiger partial charge in [0.2, 0.25) is 0 Å². The Labute approximate surface area is 142 Å². The summed E-state index contributed by atoms with van der Waals surface area (Å²) in [5.41, 5.74) is 1.73. The van der Waals surface area contributed by atoms with Gasteiger partial charge in [0.15, 0.2) is 11.6 Å². The van der Waals surface area contributed by atoms with Gasteiger partial charge < -0.3 is 4.74 Å². The summed E-state index contributed by atoms with van der Waals surface area (Å²) in [6.07, 6.45) is 3.23. The number of allylic oxidation sites excluding steroid dienone is 1. The summed E-state index contributed by atoms with van der Waals surface area (Å²) in [7, 11) is 0. The largest absolute Gasteiger partial charge is 0.489 e. The molecule has 0 aliphatic heterocycles.